The van der Waals surface area contributed by atoms with E-state index in [9.17, 15) is 4.79 Å². The zero-order valence-electron chi connectivity index (χ0n) is 12.4. The van der Waals surface area contributed by atoms with E-state index in [4.69, 9.17) is 5.73 Å². The third kappa shape index (κ3) is 3.85. The second kappa shape index (κ2) is 6.94. The summed E-state index contributed by atoms with van der Waals surface area (Å²) in [5.41, 5.74) is 5.80. The number of hydrogen-bond acceptors (Lipinski definition) is 2. The summed E-state index contributed by atoms with van der Waals surface area (Å²) >= 11 is 0. The van der Waals surface area contributed by atoms with Gasteiger partial charge in [-0.1, -0.05) is 33.1 Å². The largest absolute Gasteiger partial charge is 0.341 e. The van der Waals surface area contributed by atoms with Crippen LogP contribution < -0.4 is 5.73 Å². The van der Waals surface area contributed by atoms with Crippen LogP contribution >= 0.6 is 12.4 Å². The standard InChI is InChI=1S/C15H28N2O.ClH/c1-12(2)13-6-10-17(11-7-13)14(18)15(16)8-4-3-5-9-15;/h12-13H,3-11,16H2,1-2H3;1H. The zero-order valence-corrected chi connectivity index (χ0v) is 13.2. The summed E-state index contributed by atoms with van der Waals surface area (Å²) in [6.45, 7) is 6.41. The van der Waals surface area contributed by atoms with Gasteiger partial charge in [-0.05, 0) is 37.5 Å². The molecular weight excluding hydrogens is 260 g/mol. The van der Waals surface area contributed by atoms with E-state index in [1.165, 1.54) is 6.42 Å². The fourth-order valence-corrected chi connectivity index (χ4v) is 3.48. The molecule has 1 aliphatic carbocycles. The van der Waals surface area contributed by atoms with Crippen LogP contribution in [0.4, 0.5) is 0 Å². The van der Waals surface area contributed by atoms with Gasteiger partial charge < -0.3 is 10.6 Å². The van der Waals surface area contributed by atoms with Crippen LogP contribution in [-0.4, -0.2) is 29.4 Å². The molecule has 0 radical (unpaired) electrons. The molecule has 1 amide bonds. The zero-order chi connectivity index (χ0) is 13.2. The van der Waals surface area contributed by atoms with Crippen molar-refractivity contribution in [2.75, 3.05) is 13.1 Å². The molecule has 2 aliphatic rings. The van der Waals surface area contributed by atoms with Gasteiger partial charge in [0.25, 0.3) is 0 Å². The molecule has 4 heteroatoms. The van der Waals surface area contributed by atoms with Crippen molar-refractivity contribution in [3.05, 3.63) is 0 Å². The van der Waals surface area contributed by atoms with Gasteiger partial charge in [0.15, 0.2) is 0 Å². The fourth-order valence-electron chi connectivity index (χ4n) is 3.48. The Balaban J connectivity index is 0.00000180. The van der Waals surface area contributed by atoms with Crippen LogP contribution in [0.2, 0.25) is 0 Å². The van der Waals surface area contributed by atoms with E-state index in [0.29, 0.717) is 0 Å². The van der Waals surface area contributed by atoms with E-state index in [-0.39, 0.29) is 18.3 Å². The van der Waals surface area contributed by atoms with Crippen molar-refractivity contribution in [3.63, 3.8) is 0 Å². The van der Waals surface area contributed by atoms with E-state index < -0.39 is 5.54 Å². The molecular formula is C15H29ClN2O. The van der Waals surface area contributed by atoms with Gasteiger partial charge in [-0.2, -0.15) is 0 Å². The Bertz CT molecular complexity index is 293. The summed E-state index contributed by atoms with van der Waals surface area (Å²) in [7, 11) is 0. The van der Waals surface area contributed by atoms with Crippen molar-refractivity contribution in [2.45, 2.75) is 64.3 Å². The first-order chi connectivity index (χ1) is 8.53. The summed E-state index contributed by atoms with van der Waals surface area (Å²) in [5.74, 6) is 1.75. The highest BCUT2D eigenvalue weighted by Crippen LogP contribution is 2.30. The first kappa shape index (κ1) is 16.8. The van der Waals surface area contributed by atoms with Gasteiger partial charge in [-0.3, -0.25) is 4.79 Å². The van der Waals surface area contributed by atoms with Gasteiger partial charge in [0.1, 0.15) is 0 Å². The van der Waals surface area contributed by atoms with Crippen LogP contribution in [0.25, 0.3) is 0 Å². The Labute approximate surface area is 123 Å². The predicted octanol–water partition coefficient (Wildman–Crippen LogP) is 2.96. The van der Waals surface area contributed by atoms with Crippen molar-refractivity contribution in [2.24, 2.45) is 17.6 Å². The molecule has 3 nitrogen and oxygen atoms in total. The molecule has 0 bridgehead atoms. The Morgan fingerprint density at radius 3 is 2.16 bits per heavy atom. The number of carbonyl (C=O) groups is 1. The quantitative estimate of drug-likeness (QED) is 0.849. The van der Waals surface area contributed by atoms with Gasteiger partial charge in [-0.25, -0.2) is 0 Å². The van der Waals surface area contributed by atoms with Crippen LogP contribution in [0.1, 0.15) is 58.8 Å². The lowest BCUT2D eigenvalue weighted by atomic mass is 9.80. The van der Waals surface area contributed by atoms with E-state index in [1.807, 2.05) is 4.90 Å². The van der Waals surface area contributed by atoms with Crippen LogP contribution in [0.5, 0.6) is 0 Å². The number of nitrogens with zero attached hydrogens (tertiary/aromatic N) is 1. The van der Waals surface area contributed by atoms with Gasteiger partial charge in [0.2, 0.25) is 5.91 Å². The number of hydrogen-bond donors (Lipinski definition) is 1. The Hall–Kier alpha value is -0.280. The SMILES string of the molecule is CC(C)C1CCN(C(=O)C2(N)CCCCC2)CC1.Cl. The summed E-state index contributed by atoms with van der Waals surface area (Å²) < 4.78 is 0. The minimum absolute atomic E-state index is 0. The van der Waals surface area contributed by atoms with Crippen LogP contribution in [-0.2, 0) is 4.79 Å². The Morgan fingerprint density at radius 2 is 1.68 bits per heavy atom. The maximum absolute atomic E-state index is 12.6. The number of amides is 1. The molecule has 2 N–H and O–H groups in total. The lowest BCUT2D eigenvalue weighted by molar-refractivity contribution is -0.139. The lowest BCUT2D eigenvalue weighted by Gasteiger charge is -2.40. The van der Waals surface area contributed by atoms with Gasteiger partial charge in [0.05, 0.1) is 5.54 Å². The van der Waals surface area contributed by atoms with E-state index in [0.717, 1.165) is 63.5 Å². The predicted molar refractivity (Wildman–Crippen MR) is 81.4 cm³/mol. The molecule has 0 aromatic heterocycles. The van der Waals surface area contributed by atoms with Crippen molar-refractivity contribution >= 4 is 18.3 Å². The molecule has 2 rings (SSSR count). The van der Waals surface area contributed by atoms with E-state index in [2.05, 4.69) is 13.8 Å². The molecule has 2 fully saturated rings. The molecule has 1 heterocycles. The monoisotopic (exact) mass is 288 g/mol. The average molecular weight is 289 g/mol. The molecule has 1 aliphatic heterocycles. The highest BCUT2D eigenvalue weighted by Gasteiger charge is 2.39. The van der Waals surface area contributed by atoms with E-state index in [1.54, 1.807) is 0 Å². The number of carbonyl (C=O) groups excluding carboxylic acids is 1. The summed E-state index contributed by atoms with van der Waals surface area (Å²) in [5, 5.41) is 0. The maximum atomic E-state index is 12.6. The third-order valence-corrected chi connectivity index (χ3v) is 4.94. The number of nitrogens with two attached hydrogens (primary N) is 1. The molecule has 0 aromatic carbocycles. The number of likely N-dealkylation sites (tertiary alicyclic amines) is 1. The highest BCUT2D eigenvalue weighted by molar-refractivity contribution is 5.86. The molecule has 1 saturated heterocycles. The molecule has 112 valence electrons. The van der Waals surface area contributed by atoms with Gasteiger partial charge in [-0.15, -0.1) is 12.4 Å². The first-order valence-electron chi connectivity index (χ1n) is 7.61. The van der Waals surface area contributed by atoms with Crippen molar-refractivity contribution in [1.82, 2.24) is 4.90 Å². The molecule has 0 atom stereocenters. The van der Waals surface area contributed by atoms with E-state index >= 15 is 0 Å². The minimum Gasteiger partial charge on any atom is -0.341 e. The third-order valence-electron chi connectivity index (χ3n) is 4.94. The van der Waals surface area contributed by atoms with Crippen LogP contribution in [0.15, 0.2) is 0 Å². The second-order valence-corrected chi connectivity index (χ2v) is 6.59. The molecule has 0 aromatic rings. The smallest absolute Gasteiger partial charge is 0.242 e. The van der Waals surface area contributed by atoms with Gasteiger partial charge >= 0.3 is 0 Å². The van der Waals surface area contributed by atoms with Crippen LogP contribution in [0.3, 0.4) is 0 Å². The first-order valence-corrected chi connectivity index (χ1v) is 7.61. The topological polar surface area (TPSA) is 46.3 Å². The molecule has 0 unspecified atom stereocenters. The second-order valence-electron chi connectivity index (χ2n) is 6.59. The highest BCUT2D eigenvalue weighted by atomic mass is 35.5. The molecule has 1 saturated carbocycles. The summed E-state index contributed by atoms with van der Waals surface area (Å²) in [4.78, 5) is 14.6. The lowest BCUT2D eigenvalue weighted by Crippen LogP contribution is -2.57. The summed E-state index contributed by atoms with van der Waals surface area (Å²) in [6, 6.07) is 0. The molecule has 0 spiro atoms. The van der Waals surface area contributed by atoms with Crippen molar-refractivity contribution in [3.8, 4) is 0 Å². The van der Waals surface area contributed by atoms with Crippen molar-refractivity contribution < 1.29 is 4.79 Å². The number of rotatable bonds is 2. The van der Waals surface area contributed by atoms with Gasteiger partial charge in [0, 0.05) is 13.1 Å². The fraction of sp³-hybridized carbons (Fsp3) is 0.933. The van der Waals surface area contributed by atoms with Crippen LogP contribution in [0, 0.1) is 11.8 Å². The maximum Gasteiger partial charge on any atom is 0.242 e. The number of piperidine rings is 1. The summed E-state index contributed by atoms with van der Waals surface area (Å²) in [6.07, 6.45) is 7.54. The normalized spacial score (nSPS) is 24.1. The minimum atomic E-state index is -0.539. The average Bonchev–Trinajstić information content (AvgIpc) is 2.39. The van der Waals surface area contributed by atoms with Crippen molar-refractivity contribution in [1.29, 1.82) is 0 Å². The molecule has 19 heavy (non-hydrogen) atoms. The number of halogens is 1. The Morgan fingerprint density at radius 1 is 1.16 bits per heavy atom. The Kier molecular flexibility index (Phi) is 6.13.